The molecule has 0 heterocycles. The third kappa shape index (κ3) is 9.43. The first-order chi connectivity index (χ1) is 4.35. The predicted octanol–water partition coefficient (Wildman–Crippen LogP) is 3.22. The van der Waals surface area contributed by atoms with Crippen LogP contribution in [0.5, 0.6) is 0 Å². The van der Waals surface area contributed by atoms with Gasteiger partial charge in [-0.2, -0.15) is 0 Å². The summed E-state index contributed by atoms with van der Waals surface area (Å²) in [7, 11) is 5.08. The van der Waals surface area contributed by atoms with Gasteiger partial charge in [-0.3, -0.25) is 0 Å². The van der Waals surface area contributed by atoms with E-state index in [0.717, 1.165) is 0 Å². The second kappa shape index (κ2) is 12.1. The van der Waals surface area contributed by atoms with E-state index in [1.807, 2.05) is 0 Å². The number of hydrogen-bond acceptors (Lipinski definition) is 0. The second-order valence-electron chi connectivity index (χ2n) is 1.62. The van der Waals surface area contributed by atoms with Gasteiger partial charge in [0.25, 0.3) is 0 Å². The van der Waals surface area contributed by atoms with Crippen LogP contribution in [-0.4, -0.2) is 18.5 Å². The summed E-state index contributed by atoms with van der Waals surface area (Å²) >= 11 is 1.47. The van der Waals surface area contributed by atoms with E-state index in [1.165, 1.54) is 37.9 Å². The van der Waals surface area contributed by atoms with Crippen LogP contribution in [0.15, 0.2) is 0 Å². The molecule has 3 heteroatoms. The van der Waals surface area contributed by atoms with Crippen molar-refractivity contribution in [2.24, 2.45) is 0 Å². The van der Waals surface area contributed by atoms with Crippen molar-refractivity contribution in [2.45, 2.75) is 20.8 Å². The Kier molecular flexibility index (Phi) is 17.6. The van der Waals surface area contributed by atoms with Crippen molar-refractivity contribution in [3.05, 3.63) is 0 Å². The van der Waals surface area contributed by atoms with Gasteiger partial charge in [0.15, 0.2) is 0 Å². The average Bonchev–Trinajstić information content (AvgIpc) is 1.96. The van der Waals surface area contributed by atoms with Gasteiger partial charge in [-0.25, -0.2) is 0 Å². The van der Waals surface area contributed by atoms with E-state index in [9.17, 15) is 0 Å². The Balaban J connectivity index is 0. The Morgan fingerprint density at radius 1 is 1.00 bits per heavy atom. The Hall–Kier alpha value is 1.43. The molecule has 0 atom stereocenters. The van der Waals surface area contributed by atoms with E-state index >= 15 is 0 Å². The van der Waals surface area contributed by atoms with Crippen molar-refractivity contribution in [1.29, 1.82) is 0 Å². The summed E-state index contributed by atoms with van der Waals surface area (Å²) in [5.74, 6) is 0. The molecule has 0 amide bonds. The van der Waals surface area contributed by atoms with Crippen LogP contribution < -0.4 is 0 Å². The summed E-state index contributed by atoms with van der Waals surface area (Å²) in [6.45, 7) is 6.87. The molecule has 0 saturated heterocycles. The van der Waals surface area contributed by atoms with Gasteiger partial charge < -0.3 is 0 Å². The first kappa shape index (κ1) is 13.1. The molecule has 9 heavy (non-hydrogen) atoms. The summed E-state index contributed by atoms with van der Waals surface area (Å²) in [5, 5.41) is 0. The fourth-order valence-corrected chi connectivity index (χ4v) is 2.01. The van der Waals surface area contributed by atoms with E-state index in [2.05, 4.69) is 30.1 Å². The molecule has 0 spiro atoms. The van der Waals surface area contributed by atoms with Crippen molar-refractivity contribution < 1.29 is 19.4 Å². The summed E-state index contributed by atoms with van der Waals surface area (Å²) in [6.07, 6.45) is 4.26. The normalized spacial score (nSPS) is 8.44. The maximum atomic E-state index is 4.64. The molecule has 0 aliphatic carbocycles. The minimum absolute atomic E-state index is 0.446. The first-order valence-corrected chi connectivity index (χ1v) is 7.30. The summed E-state index contributed by atoms with van der Waals surface area (Å²) in [5.41, 5.74) is 0. The fourth-order valence-electron chi connectivity index (χ4n) is 0.671. The van der Waals surface area contributed by atoms with Gasteiger partial charge in [0, 0.05) is 0 Å². The molecular formula is C6H15ClPTi. The summed E-state index contributed by atoms with van der Waals surface area (Å²) < 4.78 is 0. The molecule has 0 rings (SSSR count). The van der Waals surface area contributed by atoms with Crippen LogP contribution in [0.2, 0.25) is 0 Å². The molecule has 0 aliphatic rings. The third-order valence-electron chi connectivity index (χ3n) is 1.34. The van der Waals surface area contributed by atoms with Crippen molar-refractivity contribution in [1.82, 2.24) is 0 Å². The van der Waals surface area contributed by atoms with Crippen LogP contribution >= 0.6 is 17.2 Å². The van der Waals surface area contributed by atoms with Gasteiger partial charge in [0.2, 0.25) is 0 Å². The summed E-state index contributed by atoms with van der Waals surface area (Å²) in [4.78, 5) is 0. The van der Waals surface area contributed by atoms with Crippen molar-refractivity contribution in [2.75, 3.05) is 18.5 Å². The van der Waals surface area contributed by atoms with E-state index in [4.69, 9.17) is 0 Å². The van der Waals surface area contributed by atoms with E-state index < -0.39 is 0 Å². The molecule has 0 radical (unpaired) electrons. The van der Waals surface area contributed by atoms with Gasteiger partial charge >= 0.3 is 28.7 Å². The zero-order chi connectivity index (χ0) is 7.70. The predicted molar refractivity (Wildman–Crippen MR) is 44.4 cm³/mol. The zero-order valence-electron chi connectivity index (χ0n) is 6.45. The van der Waals surface area contributed by atoms with Crippen LogP contribution in [0.25, 0.3) is 0 Å². The van der Waals surface area contributed by atoms with E-state index in [-0.39, 0.29) is 0 Å². The minimum atomic E-state index is 0.446. The Morgan fingerprint density at radius 2 is 1.22 bits per heavy atom. The molecule has 0 saturated carbocycles. The molecule has 0 N–H and O–H groups in total. The molecule has 0 fully saturated rings. The fraction of sp³-hybridized carbons (Fsp3) is 1.00. The molecule has 0 bridgehead atoms. The van der Waals surface area contributed by atoms with E-state index in [1.54, 1.807) is 0 Å². The van der Waals surface area contributed by atoms with Gasteiger partial charge in [-0.05, 0) is 18.5 Å². The van der Waals surface area contributed by atoms with Gasteiger partial charge in [-0.15, -0.1) is 7.92 Å². The van der Waals surface area contributed by atoms with Crippen molar-refractivity contribution >= 4 is 17.2 Å². The number of halogens is 1. The topological polar surface area (TPSA) is 0 Å². The van der Waals surface area contributed by atoms with Crippen LogP contribution in [0.3, 0.4) is 0 Å². The van der Waals surface area contributed by atoms with Gasteiger partial charge in [-0.1, -0.05) is 20.8 Å². The molecule has 0 aromatic carbocycles. The molecule has 0 nitrogen and oxygen atoms in total. The van der Waals surface area contributed by atoms with Crippen LogP contribution in [0.1, 0.15) is 20.8 Å². The molecule has 55 valence electrons. The standard InChI is InChI=1S/C6H15P.ClH.Ti/c1-4-7(5-2)6-3;;/h4-6H2,1-3H3;1H;/q;;+1/p-1. The Labute approximate surface area is 75.8 Å². The molecule has 0 aliphatic heterocycles. The number of rotatable bonds is 3. The Morgan fingerprint density at radius 3 is 1.22 bits per heavy atom. The monoisotopic (exact) mass is 201 g/mol. The molecule has 0 unspecified atom stereocenters. The summed E-state index contributed by atoms with van der Waals surface area (Å²) in [6, 6.07) is 0. The van der Waals surface area contributed by atoms with Gasteiger partial charge in [0.1, 0.15) is 0 Å². The van der Waals surface area contributed by atoms with Crippen LogP contribution in [-0.2, 0) is 19.4 Å². The maximum absolute atomic E-state index is 4.64. The molecular weight excluding hydrogens is 186 g/mol. The van der Waals surface area contributed by atoms with Gasteiger partial charge in [0.05, 0.1) is 0 Å². The van der Waals surface area contributed by atoms with E-state index in [0.29, 0.717) is 7.92 Å². The first-order valence-electron chi connectivity index (χ1n) is 3.26. The van der Waals surface area contributed by atoms with Crippen molar-refractivity contribution in [3.63, 3.8) is 0 Å². The molecule has 0 aromatic rings. The van der Waals surface area contributed by atoms with Crippen LogP contribution in [0.4, 0.5) is 0 Å². The Bertz CT molecular complexity index is 34.5. The van der Waals surface area contributed by atoms with Crippen LogP contribution in [0, 0.1) is 0 Å². The third-order valence-corrected chi connectivity index (χ3v) is 4.02. The van der Waals surface area contributed by atoms with Crippen molar-refractivity contribution in [3.8, 4) is 0 Å². The quantitative estimate of drug-likeness (QED) is 0.486. The second-order valence-corrected chi connectivity index (χ2v) is 4.86. The SMILES string of the molecule is CCP(CC)CC.[Cl][Ti]. The zero-order valence-corrected chi connectivity index (χ0v) is 9.66. The average molecular weight is 201 g/mol. The molecule has 0 aromatic heterocycles. The number of hydrogen-bond donors (Lipinski definition) is 0.